The van der Waals surface area contributed by atoms with E-state index in [4.69, 9.17) is 24.4 Å². The summed E-state index contributed by atoms with van der Waals surface area (Å²) in [5, 5.41) is 18.2. The molecule has 2 N–H and O–H groups in total. The van der Waals surface area contributed by atoms with E-state index in [0.717, 1.165) is 51.6 Å². The summed E-state index contributed by atoms with van der Waals surface area (Å²) in [6.45, 7) is 4.35. The highest BCUT2D eigenvalue weighted by Crippen LogP contribution is 2.18. The van der Waals surface area contributed by atoms with Gasteiger partial charge in [0, 0.05) is 38.6 Å². The average Bonchev–Trinajstić information content (AvgIpc) is 2.93. The lowest BCUT2D eigenvalue weighted by Crippen LogP contribution is -2.36. The summed E-state index contributed by atoms with van der Waals surface area (Å²) in [7, 11) is 2.08. The summed E-state index contributed by atoms with van der Waals surface area (Å²) >= 11 is 0. The number of ether oxygens (including phenoxy) is 3. The zero-order valence-electron chi connectivity index (χ0n) is 25.1. The van der Waals surface area contributed by atoms with E-state index in [0.29, 0.717) is 38.7 Å². The summed E-state index contributed by atoms with van der Waals surface area (Å²) < 4.78 is 16.7. The lowest BCUT2D eigenvalue weighted by Gasteiger charge is -2.28. The van der Waals surface area contributed by atoms with Crippen LogP contribution in [0.4, 0.5) is 4.79 Å². The fraction of sp³-hybridized carbons (Fsp3) is 0.935. The molecule has 0 radical (unpaired) electrons. The maximum atomic E-state index is 12.5. The van der Waals surface area contributed by atoms with E-state index in [1.54, 1.807) is 0 Å². The minimum absolute atomic E-state index is 0.0329. The number of esters is 1. The lowest BCUT2D eigenvalue weighted by molar-refractivity contribution is -0.144. The third-order valence-corrected chi connectivity index (χ3v) is 7.76. The number of carbonyl (C=O) groups excluding carboxylic acids is 2. The molecule has 230 valence electrons. The fourth-order valence-corrected chi connectivity index (χ4v) is 5.04. The summed E-state index contributed by atoms with van der Waals surface area (Å²) in [6.07, 6.45) is 18.0. The van der Waals surface area contributed by atoms with E-state index in [9.17, 15) is 9.59 Å². The van der Waals surface area contributed by atoms with Crippen molar-refractivity contribution < 1.29 is 34.0 Å². The molecule has 0 spiro atoms. The van der Waals surface area contributed by atoms with E-state index >= 15 is 0 Å². The van der Waals surface area contributed by atoms with Crippen molar-refractivity contribution in [3.05, 3.63) is 0 Å². The first kappa shape index (κ1) is 35.6. The normalized spacial score (nSPS) is 15.4. The van der Waals surface area contributed by atoms with Gasteiger partial charge in [0.05, 0.1) is 6.61 Å². The Hall–Kier alpha value is -1.38. The van der Waals surface area contributed by atoms with Crippen LogP contribution in [-0.4, -0.2) is 79.4 Å². The molecule has 0 aromatic heterocycles. The molecule has 0 saturated carbocycles. The Kier molecular flexibility index (Phi) is 22.3. The fourth-order valence-electron chi connectivity index (χ4n) is 5.04. The van der Waals surface area contributed by atoms with Crippen LogP contribution in [0.2, 0.25) is 0 Å². The molecule has 1 saturated heterocycles. The molecule has 1 fully saturated rings. The highest BCUT2D eigenvalue weighted by molar-refractivity contribution is 5.69. The van der Waals surface area contributed by atoms with Crippen molar-refractivity contribution in [2.24, 2.45) is 5.92 Å². The molecule has 1 atom stereocenters. The van der Waals surface area contributed by atoms with Crippen LogP contribution in [0.3, 0.4) is 0 Å². The van der Waals surface area contributed by atoms with Gasteiger partial charge in [-0.1, -0.05) is 71.1 Å². The second kappa shape index (κ2) is 24.4. The van der Waals surface area contributed by atoms with Crippen LogP contribution < -0.4 is 0 Å². The molecule has 1 rings (SSSR count). The first-order chi connectivity index (χ1) is 19.0. The summed E-state index contributed by atoms with van der Waals surface area (Å²) in [5.74, 6) is -0.340. The van der Waals surface area contributed by atoms with Crippen LogP contribution in [0.5, 0.6) is 0 Å². The standard InChI is InChI=1S/C31H59NO7/c1-3-4-5-6-7-8-9-10-11-12-17-28(38-31(36)39-29-20-22-32(2)23-21-29)18-15-24-37-30(35)19-14-13-16-27(25-33)26-34/h27-29,33-34H,3-26H2,1-2H3. The molecule has 0 aliphatic carbocycles. The van der Waals surface area contributed by atoms with Crippen molar-refractivity contribution in [2.45, 2.75) is 141 Å². The molecule has 0 aromatic carbocycles. The van der Waals surface area contributed by atoms with Crippen LogP contribution in [0.25, 0.3) is 0 Å². The van der Waals surface area contributed by atoms with Crippen molar-refractivity contribution in [3.63, 3.8) is 0 Å². The van der Waals surface area contributed by atoms with Crippen molar-refractivity contribution in [2.75, 3.05) is 40.0 Å². The molecule has 0 bridgehead atoms. The van der Waals surface area contributed by atoms with Crippen LogP contribution >= 0.6 is 0 Å². The van der Waals surface area contributed by atoms with E-state index in [2.05, 4.69) is 18.9 Å². The van der Waals surface area contributed by atoms with Gasteiger partial charge in [0.25, 0.3) is 0 Å². The number of rotatable bonds is 24. The minimum Gasteiger partial charge on any atom is -0.466 e. The van der Waals surface area contributed by atoms with Gasteiger partial charge >= 0.3 is 12.1 Å². The van der Waals surface area contributed by atoms with Crippen molar-refractivity contribution in [3.8, 4) is 0 Å². The Labute approximate surface area is 238 Å². The number of hydrogen-bond donors (Lipinski definition) is 2. The minimum atomic E-state index is -0.567. The molecule has 1 unspecified atom stereocenters. The Morgan fingerprint density at radius 3 is 1.97 bits per heavy atom. The Balaban J connectivity index is 2.29. The van der Waals surface area contributed by atoms with E-state index in [1.807, 2.05) is 0 Å². The van der Waals surface area contributed by atoms with Gasteiger partial charge in [0.2, 0.25) is 0 Å². The van der Waals surface area contributed by atoms with Gasteiger partial charge in [0.15, 0.2) is 0 Å². The molecule has 1 heterocycles. The molecule has 1 aliphatic heterocycles. The van der Waals surface area contributed by atoms with Gasteiger partial charge in [-0.25, -0.2) is 4.79 Å². The van der Waals surface area contributed by atoms with Gasteiger partial charge in [0.1, 0.15) is 12.2 Å². The van der Waals surface area contributed by atoms with Gasteiger partial charge in [-0.3, -0.25) is 4.79 Å². The maximum absolute atomic E-state index is 12.5. The van der Waals surface area contributed by atoms with Crippen LogP contribution in [0, 0.1) is 5.92 Å². The Morgan fingerprint density at radius 2 is 1.36 bits per heavy atom. The predicted octanol–water partition coefficient (Wildman–Crippen LogP) is 6.40. The molecular weight excluding hydrogens is 498 g/mol. The summed E-state index contributed by atoms with van der Waals surface area (Å²) in [4.78, 5) is 26.8. The molecule has 8 heteroatoms. The quantitative estimate of drug-likeness (QED) is 0.104. The van der Waals surface area contributed by atoms with Gasteiger partial charge in [-0.2, -0.15) is 0 Å². The predicted molar refractivity (Wildman–Crippen MR) is 155 cm³/mol. The molecule has 0 aromatic rings. The molecular formula is C31H59NO7. The number of piperidine rings is 1. The van der Waals surface area contributed by atoms with Gasteiger partial charge in [-0.05, 0) is 58.4 Å². The summed E-state index contributed by atoms with van der Waals surface area (Å²) in [5.41, 5.74) is 0. The second-order valence-electron chi connectivity index (χ2n) is 11.4. The lowest BCUT2D eigenvalue weighted by atomic mass is 10.0. The highest BCUT2D eigenvalue weighted by Gasteiger charge is 2.23. The van der Waals surface area contributed by atoms with Crippen molar-refractivity contribution in [1.29, 1.82) is 0 Å². The maximum Gasteiger partial charge on any atom is 0.508 e. The number of aliphatic hydroxyl groups is 2. The van der Waals surface area contributed by atoms with Crippen molar-refractivity contribution >= 4 is 12.1 Å². The third-order valence-electron chi connectivity index (χ3n) is 7.76. The van der Waals surface area contributed by atoms with E-state index in [-0.39, 0.29) is 37.3 Å². The number of aliphatic hydroxyl groups excluding tert-OH is 2. The molecule has 39 heavy (non-hydrogen) atoms. The van der Waals surface area contributed by atoms with Crippen LogP contribution in [0.15, 0.2) is 0 Å². The van der Waals surface area contributed by atoms with Crippen LogP contribution in [0.1, 0.15) is 129 Å². The largest absolute Gasteiger partial charge is 0.508 e. The average molecular weight is 558 g/mol. The number of carbonyl (C=O) groups is 2. The SMILES string of the molecule is CCCCCCCCCCCCC(CCCOC(=O)CCCCC(CO)CO)OC(=O)OC1CCN(C)CC1. The Morgan fingerprint density at radius 1 is 0.795 bits per heavy atom. The van der Waals surface area contributed by atoms with E-state index in [1.165, 1.54) is 51.4 Å². The molecule has 8 nitrogen and oxygen atoms in total. The zero-order chi connectivity index (χ0) is 28.6. The molecule has 0 amide bonds. The van der Waals surface area contributed by atoms with E-state index < -0.39 is 6.16 Å². The first-order valence-electron chi connectivity index (χ1n) is 15.9. The third kappa shape index (κ3) is 20.2. The zero-order valence-corrected chi connectivity index (χ0v) is 25.1. The monoisotopic (exact) mass is 557 g/mol. The number of hydrogen-bond acceptors (Lipinski definition) is 8. The summed E-state index contributed by atoms with van der Waals surface area (Å²) in [6, 6.07) is 0. The highest BCUT2D eigenvalue weighted by atomic mass is 16.7. The number of nitrogens with zero attached hydrogens (tertiary/aromatic N) is 1. The Bertz CT molecular complexity index is 591. The second-order valence-corrected chi connectivity index (χ2v) is 11.4. The van der Waals surface area contributed by atoms with Crippen molar-refractivity contribution in [1.82, 2.24) is 4.90 Å². The van der Waals surface area contributed by atoms with Gasteiger partial charge in [-0.15, -0.1) is 0 Å². The van der Waals surface area contributed by atoms with Gasteiger partial charge < -0.3 is 29.3 Å². The number of unbranched alkanes of at least 4 members (excludes halogenated alkanes) is 10. The molecule has 1 aliphatic rings. The smallest absolute Gasteiger partial charge is 0.466 e. The first-order valence-corrected chi connectivity index (χ1v) is 15.9. The number of likely N-dealkylation sites (tertiary alicyclic amines) is 1. The topological polar surface area (TPSA) is 106 Å². The van der Waals surface area contributed by atoms with Crippen LogP contribution in [-0.2, 0) is 19.0 Å².